The van der Waals surface area contributed by atoms with Crippen LogP contribution in [0.3, 0.4) is 0 Å². The van der Waals surface area contributed by atoms with Crippen LogP contribution in [-0.4, -0.2) is 63.9 Å². The van der Waals surface area contributed by atoms with Crippen LogP contribution in [0, 0.1) is 6.92 Å². The molecule has 1 saturated heterocycles. The number of aliphatic hydroxyl groups excluding tert-OH is 1. The summed E-state index contributed by atoms with van der Waals surface area (Å²) in [7, 11) is 0. The summed E-state index contributed by atoms with van der Waals surface area (Å²) in [4.78, 5) is 9.73. The number of anilines is 1. The Hall–Kier alpha value is -2.15. The van der Waals surface area contributed by atoms with Gasteiger partial charge in [-0.2, -0.15) is 9.61 Å². The molecular formula is C23H30ClN5O. The van der Waals surface area contributed by atoms with Crippen molar-refractivity contribution in [1.29, 1.82) is 0 Å². The van der Waals surface area contributed by atoms with Gasteiger partial charge in [0.05, 0.1) is 23.6 Å². The first-order valence-corrected chi connectivity index (χ1v) is 10.9. The van der Waals surface area contributed by atoms with Crippen LogP contribution in [0.25, 0.3) is 16.8 Å². The molecule has 3 heterocycles. The van der Waals surface area contributed by atoms with Gasteiger partial charge in [0.2, 0.25) is 0 Å². The van der Waals surface area contributed by atoms with E-state index in [0.717, 1.165) is 66.7 Å². The Morgan fingerprint density at radius 1 is 1.10 bits per heavy atom. The highest BCUT2D eigenvalue weighted by Crippen LogP contribution is 2.36. The normalized spacial score (nSPS) is 15.9. The topological polar surface area (TPSA) is 56.9 Å². The molecule has 0 aliphatic carbocycles. The van der Waals surface area contributed by atoms with E-state index in [1.807, 2.05) is 35.7 Å². The maximum atomic E-state index is 9.24. The van der Waals surface area contributed by atoms with Crippen molar-refractivity contribution in [3.05, 3.63) is 46.7 Å². The molecule has 0 radical (unpaired) electrons. The second kappa shape index (κ2) is 8.17. The third-order valence-corrected chi connectivity index (χ3v) is 6.10. The molecule has 4 rings (SSSR count). The van der Waals surface area contributed by atoms with Crippen molar-refractivity contribution >= 4 is 23.1 Å². The Morgan fingerprint density at radius 3 is 2.43 bits per heavy atom. The molecule has 0 bridgehead atoms. The van der Waals surface area contributed by atoms with Gasteiger partial charge in [-0.05, 0) is 13.0 Å². The Kier molecular flexibility index (Phi) is 5.75. The molecule has 3 aromatic rings. The van der Waals surface area contributed by atoms with Crippen molar-refractivity contribution in [2.75, 3.05) is 44.2 Å². The van der Waals surface area contributed by atoms with Crippen molar-refractivity contribution in [3.63, 3.8) is 0 Å². The fourth-order valence-corrected chi connectivity index (χ4v) is 4.27. The fourth-order valence-electron chi connectivity index (χ4n) is 4.04. The fraction of sp³-hybridized carbons (Fsp3) is 0.478. The van der Waals surface area contributed by atoms with E-state index in [1.165, 1.54) is 0 Å². The Morgan fingerprint density at radius 2 is 1.80 bits per heavy atom. The molecule has 0 saturated carbocycles. The minimum absolute atomic E-state index is 0.0921. The van der Waals surface area contributed by atoms with E-state index in [2.05, 4.69) is 36.6 Å². The van der Waals surface area contributed by atoms with Gasteiger partial charge in [-0.3, -0.25) is 4.90 Å². The highest BCUT2D eigenvalue weighted by Gasteiger charge is 2.26. The molecular weight excluding hydrogens is 398 g/mol. The Bertz CT molecular complexity index is 1050. The van der Waals surface area contributed by atoms with Crippen LogP contribution in [0.2, 0.25) is 5.02 Å². The van der Waals surface area contributed by atoms with Gasteiger partial charge in [-0.1, -0.05) is 50.6 Å². The van der Waals surface area contributed by atoms with Crippen LogP contribution < -0.4 is 4.90 Å². The second-order valence-electron chi connectivity index (χ2n) is 8.98. The molecule has 1 fully saturated rings. The van der Waals surface area contributed by atoms with E-state index in [-0.39, 0.29) is 12.0 Å². The van der Waals surface area contributed by atoms with Gasteiger partial charge >= 0.3 is 0 Å². The maximum absolute atomic E-state index is 9.24. The van der Waals surface area contributed by atoms with Crippen LogP contribution in [0.4, 0.5) is 5.82 Å². The van der Waals surface area contributed by atoms with Gasteiger partial charge < -0.3 is 10.0 Å². The van der Waals surface area contributed by atoms with Crippen LogP contribution in [-0.2, 0) is 5.41 Å². The lowest BCUT2D eigenvalue weighted by atomic mass is 9.91. The first kappa shape index (κ1) is 21.1. The van der Waals surface area contributed by atoms with E-state index in [1.54, 1.807) is 0 Å². The van der Waals surface area contributed by atoms with E-state index >= 15 is 0 Å². The number of fused-ring (bicyclic) bond motifs is 1. The summed E-state index contributed by atoms with van der Waals surface area (Å²) in [6, 6.07) is 10.1. The molecule has 2 aromatic heterocycles. The number of halogens is 1. The molecule has 1 N–H and O–H groups in total. The van der Waals surface area contributed by atoms with Crippen LogP contribution >= 0.6 is 11.6 Å². The van der Waals surface area contributed by atoms with Crippen LogP contribution in [0.1, 0.15) is 32.2 Å². The zero-order chi connectivity index (χ0) is 21.5. The SMILES string of the molecule is Cc1nn2c(N3CCN(CCO)CC3)cc(C(C)(C)C)nc2c1-c1ccccc1Cl. The number of piperazine rings is 1. The molecule has 1 aliphatic heterocycles. The van der Waals surface area contributed by atoms with Gasteiger partial charge in [0, 0.05) is 54.8 Å². The average molecular weight is 428 g/mol. The monoisotopic (exact) mass is 427 g/mol. The Labute approximate surface area is 183 Å². The molecule has 0 spiro atoms. The largest absolute Gasteiger partial charge is 0.395 e. The van der Waals surface area contributed by atoms with Gasteiger partial charge in [0.25, 0.3) is 0 Å². The van der Waals surface area contributed by atoms with Crippen molar-refractivity contribution in [2.24, 2.45) is 0 Å². The zero-order valence-corrected chi connectivity index (χ0v) is 18.9. The number of hydrogen-bond acceptors (Lipinski definition) is 5. The summed E-state index contributed by atoms with van der Waals surface area (Å²) in [5.41, 5.74) is 4.67. The lowest BCUT2D eigenvalue weighted by molar-refractivity contribution is 0.188. The van der Waals surface area contributed by atoms with E-state index in [9.17, 15) is 5.11 Å². The van der Waals surface area contributed by atoms with E-state index in [4.69, 9.17) is 21.7 Å². The van der Waals surface area contributed by atoms with Crippen LogP contribution in [0.15, 0.2) is 30.3 Å². The summed E-state index contributed by atoms with van der Waals surface area (Å²) >= 11 is 6.55. The van der Waals surface area contributed by atoms with Crippen molar-refractivity contribution in [3.8, 4) is 11.1 Å². The average Bonchev–Trinajstić information content (AvgIpc) is 3.04. The summed E-state index contributed by atoms with van der Waals surface area (Å²) < 4.78 is 1.98. The first-order valence-electron chi connectivity index (χ1n) is 10.5. The molecule has 0 atom stereocenters. The molecule has 0 amide bonds. The molecule has 1 aromatic carbocycles. The summed E-state index contributed by atoms with van der Waals surface area (Å²) in [5, 5.41) is 14.8. The standard InChI is InChI=1S/C23H30ClN5O/c1-16-21(17-7-5-6-8-18(17)24)22-25-19(23(2,3)4)15-20(29(22)26-16)28-11-9-27(10-12-28)13-14-30/h5-8,15,30H,9-14H2,1-4H3. The second-order valence-corrected chi connectivity index (χ2v) is 9.38. The van der Waals surface area contributed by atoms with E-state index in [0.29, 0.717) is 5.02 Å². The summed E-state index contributed by atoms with van der Waals surface area (Å²) in [6.45, 7) is 13.1. The maximum Gasteiger partial charge on any atom is 0.165 e. The molecule has 30 heavy (non-hydrogen) atoms. The van der Waals surface area contributed by atoms with Crippen molar-refractivity contribution < 1.29 is 5.11 Å². The van der Waals surface area contributed by atoms with Crippen molar-refractivity contribution in [2.45, 2.75) is 33.1 Å². The number of hydrogen-bond donors (Lipinski definition) is 1. The number of aryl methyl sites for hydroxylation is 1. The molecule has 1 aliphatic rings. The number of aliphatic hydroxyl groups is 1. The molecule has 160 valence electrons. The Balaban J connectivity index is 1.87. The molecule has 0 unspecified atom stereocenters. The minimum atomic E-state index is -0.0921. The molecule has 7 heteroatoms. The number of aromatic nitrogens is 3. The van der Waals surface area contributed by atoms with Crippen LogP contribution in [0.5, 0.6) is 0 Å². The predicted molar refractivity (Wildman–Crippen MR) is 123 cm³/mol. The molecule has 6 nitrogen and oxygen atoms in total. The van der Waals surface area contributed by atoms with Gasteiger partial charge in [-0.15, -0.1) is 0 Å². The highest BCUT2D eigenvalue weighted by molar-refractivity contribution is 6.33. The number of benzene rings is 1. The van der Waals surface area contributed by atoms with Gasteiger partial charge in [0.15, 0.2) is 5.65 Å². The predicted octanol–water partition coefficient (Wildman–Crippen LogP) is 3.77. The third kappa shape index (κ3) is 3.92. The minimum Gasteiger partial charge on any atom is -0.395 e. The number of rotatable bonds is 4. The van der Waals surface area contributed by atoms with Gasteiger partial charge in [0.1, 0.15) is 5.82 Å². The van der Waals surface area contributed by atoms with E-state index < -0.39 is 0 Å². The quantitative estimate of drug-likeness (QED) is 0.686. The van der Waals surface area contributed by atoms with Crippen molar-refractivity contribution in [1.82, 2.24) is 19.5 Å². The summed E-state index contributed by atoms with van der Waals surface area (Å²) in [5.74, 6) is 1.06. The lowest BCUT2D eigenvalue weighted by Crippen LogP contribution is -2.47. The lowest BCUT2D eigenvalue weighted by Gasteiger charge is -2.36. The van der Waals surface area contributed by atoms with Gasteiger partial charge in [-0.25, -0.2) is 4.98 Å². The first-order chi connectivity index (χ1) is 14.3. The summed E-state index contributed by atoms with van der Waals surface area (Å²) in [6.07, 6.45) is 0. The third-order valence-electron chi connectivity index (χ3n) is 5.77. The zero-order valence-electron chi connectivity index (χ0n) is 18.2. The number of β-amino-alcohol motifs (C(OH)–C–C–N with tert-alkyl or cyclic N) is 1. The highest BCUT2D eigenvalue weighted by atomic mass is 35.5. The number of nitrogens with zero attached hydrogens (tertiary/aromatic N) is 5. The smallest absolute Gasteiger partial charge is 0.165 e.